The summed E-state index contributed by atoms with van der Waals surface area (Å²) >= 11 is 0. The van der Waals surface area contributed by atoms with Crippen molar-refractivity contribution in [2.24, 2.45) is 0 Å². The van der Waals surface area contributed by atoms with Crippen LogP contribution in [0.15, 0.2) is 30.5 Å². The molecule has 0 aliphatic carbocycles. The number of fused-ring (bicyclic) bond motifs is 2. The van der Waals surface area contributed by atoms with Crippen LogP contribution in [-0.4, -0.2) is 66.9 Å². The minimum atomic E-state index is -0.245. The van der Waals surface area contributed by atoms with Crippen LogP contribution in [0.5, 0.6) is 0 Å². The maximum absolute atomic E-state index is 13.4. The van der Waals surface area contributed by atoms with Gasteiger partial charge in [0.2, 0.25) is 5.91 Å². The van der Waals surface area contributed by atoms with Crippen LogP contribution in [0.3, 0.4) is 0 Å². The summed E-state index contributed by atoms with van der Waals surface area (Å²) in [5, 5.41) is 4.44. The number of halogens is 1. The smallest absolute Gasteiger partial charge is 0.225 e. The zero-order valence-electron chi connectivity index (χ0n) is 15.6. The number of amides is 1. The van der Waals surface area contributed by atoms with Crippen molar-refractivity contribution >= 4 is 22.4 Å². The first kappa shape index (κ1) is 17.8. The number of aromatic nitrogens is 1. The number of aromatic amines is 1. The molecule has 0 spiro atoms. The molecule has 5 rings (SSSR count). The molecule has 2 aromatic rings. The van der Waals surface area contributed by atoms with Crippen molar-refractivity contribution in [1.82, 2.24) is 15.2 Å². The van der Waals surface area contributed by atoms with E-state index in [0.717, 1.165) is 22.9 Å². The second-order valence-corrected chi connectivity index (χ2v) is 7.76. The maximum Gasteiger partial charge on any atom is 0.225 e. The van der Waals surface area contributed by atoms with Gasteiger partial charge in [0.25, 0.3) is 0 Å². The van der Waals surface area contributed by atoms with E-state index in [1.54, 1.807) is 0 Å². The van der Waals surface area contributed by atoms with Gasteiger partial charge in [-0.2, -0.15) is 0 Å². The number of morpholine rings is 1. The van der Waals surface area contributed by atoms with E-state index in [2.05, 4.69) is 16.4 Å². The lowest BCUT2D eigenvalue weighted by Gasteiger charge is -2.34. The monoisotopic (exact) mass is 385 g/mol. The molecule has 0 saturated carbocycles. The molecule has 1 aromatic carbocycles. The molecule has 3 aliphatic heterocycles. The molecule has 148 valence electrons. The van der Waals surface area contributed by atoms with Gasteiger partial charge in [0.1, 0.15) is 5.82 Å². The normalized spacial score (nSPS) is 27.7. The zero-order chi connectivity index (χ0) is 19.1. The predicted octanol–water partition coefficient (Wildman–Crippen LogP) is 2.07. The number of nitrogens with zero attached hydrogens (tertiary/aromatic N) is 1. The summed E-state index contributed by atoms with van der Waals surface area (Å²) < 4.78 is 24.8. The van der Waals surface area contributed by atoms with Gasteiger partial charge in [-0.15, -0.1) is 0 Å². The van der Waals surface area contributed by atoms with Crippen molar-refractivity contribution in [3.05, 3.63) is 41.9 Å². The fourth-order valence-electron chi connectivity index (χ4n) is 4.39. The van der Waals surface area contributed by atoms with Gasteiger partial charge >= 0.3 is 0 Å². The van der Waals surface area contributed by atoms with Gasteiger partial charge in [-0.1, -0.05) is 6.08 Å². The first-order valence-electron chi connectivity index (χ1n) is 9.88. The largest absolute Gasteiger partial charge is 0.377 e. The lowest BCUT2D eigenvalue weighted by molar-refractivity contribution is -0.136. The van der Waals surface area contributed by atoms with Crippen LogP contribution in [0.2, 0.25) is 0 Å². The van der Waals surface area contributed by atoms with E-state index >= 15 is 0 Å². The summed E-state index contributed by atoms with van der Waals surface area (Å²) in [5.74, 6) is -0.120. The third-order valence-electron chi connectivity index (χ3n) is 5.96. The van der Waals surface area contributed by atoms with E-state index in [4.69, 9.17) is 9.47 Å². The molecule has 7 heteroatoms. The number of H-pyrrole nitrogens is 1. The molecule has 6 nitrogen and oxygen atoms in total. The Morgan fingerprint density at radius 1 is 1.32 bits per heavy atom. The summed E-state index contributed by atoms with van der Waals surface area (Å²) in [5.41, 5.74) is 3.09. The molecule has 1 amide bonds. The van der Waals surface area contributed by atoms with E-state index in [-0.39, 0.29) is 30.0 Å². The molecular formula is C21H24FN3O3. The lowest BCUT2D eigenvalue weighted by Crippen LogP contribution is -2.53. The molecule has 3 aliphatic rings. The number of rotatable bonds is 3. The Bertz CT molecular complexity index is 925. The standard InChI is InChI=1S/C21H24FN3O3/c22-14-1-2-16-17(10-24-18(16)7-14)13-3-5-25(6-4-13)21(26)8-15-9-23-19-11-27-12-20(19)28-15/h1-3,7,10,15,19-20,23-24H,4-6,8-9,11-12H2/t15-,19-,20-/m1/s1. The predicted molar refractivity (Wildman–Crippen MR) is 103 cm³/mol. The van der Waals surface area contributed by atoms with Gasteiger partial charge in [0, 0.05) is 42.3 Å². The van der Waals surface area contributed by atoms with Gasteiger partial charge < -0.3 is 24.7 Å². The van der Waals surface area contributed by atoms with Gasteiger partial charge in [-0.05, 0) is 30.2 Å². The van der Waals surface area contributed by atoms with Crippen LogP contribution in [0.4, 0.5) is 4.39 Å². The SMILES string of the molecule is O=C(C[C@@H]1CN[C@@H]2COC[C@H]2O1)N1CC=C(c2c[nH]c3cc(F)ccc23)CC1. The molecule has 1 aromatic heterocycles. The Hall–Kier alpha value is -2.22. The molecule has 4 heterocycles. The van der Waals surface area contributed by atoms with Crippen LogP contribution in [0.1, 0.15) is 18.4 Å². The number of benzene rings is 1. The van der Waals surface area contributed by atoms with E-state index in [1.165, 1.54) is 17.7 Å². The third kappa shape index (κ3) is 3.34. The van der Waals surface area contributed by atoms with Gasteiger partial charge in [-0.3, -0.25) is 4.79 Å². The third-order valence-corrected chi connectivity index (χ3v) is 5.96. The van der Waals surface area contributed by atoms with Gasteiger partial charge in [0.15, 0.2) is 0 Å². The molecule has 0 radical (unpaired) electrons. The van der Waals surface area contributed by atoms with Crippen LogP contribution in [-0.2, 0) is 14.3 Å². The Kier molecular flexibility index (Phi) is 4.66. The van der Waals surface area contributed by atoms with Crippen molar-refractivity contribution in [3.8, 4) is 0 Å². The summed E-state index contributed by atoms with van der Waals surface area (Å²) in [6, 6.07) is 5.06. The fraction of sp³-hybridized carbons (Fsp3) is 0.476. The molecule has 0 unspecified atom stereocenters. The van der Waals surface area contributed by atoms with Crippen molar-refractivity contribution < 1.29 is 18.7 Å². The van der Waals surface area contributed by atoms with Crippen LogP contribution in [0.25, 0.3) is 16.5 Å². The Morgan fingerprint density at radius 2 is 2.25 bits per heavy atom. The number of hydrogen-bond acceptors (Lipinski definition) is 4. The fourth-order valence-corrected chi connectivity index (χ4v) is 4.39. The topological polar surface area (TPSA) is 66.6 Å². The molecule has 28 heavy (non-hydrogen) atoms. The molecular weight excluding hydrogens is 361 g/mol. The highest BCUT2D eigenvalue weighted by molar-refractivity contribution is 5.93. The Morgan fingerprint density at radius 3 is 3.11 bits per heavy atom. The second-order valence-electron chi connectivity index (χ2n) is 7.76. The van der Waals surface area contributed by atoms with E-state index in [0.29, 0.717) is 39.3 Å². The Labute approximate surface area is 162 Å². The highest BCUT2D eigenvalue weighted by Gasteiger charge is 2.36. The lowest BCUT2D eigenvalue weighted by atomic mass is 9.98. The zero-order valence-corrected chi connectivity index (χ0v) is 15.6. The average Bonchev–Trinajstić information content (AvgIpc) is 3.34. The van der Waals surface area contributed by atoms with E-state index in [1.807, 2.05) is 17.2 Å². The minimum Gasteiger partial charge on any atom is -0.377 e. The summed E-state index contributed by atoms with van der Waals surface area (Å²) in [4.78, 5) is 17.7. The first-order valence-corrected chi connectivity index (χ1v) is 9.88. The molecule has 0 bridgehead atoms. The quantitative estimate of drug-likeness (QED) is 0.849. The maximum atomic E-state index is 13.4. The van der Waals surface area contributed by atoms with E-state index in [9.17, 15) is 9.18 Å². The number of ether oxygens (including phenoxy) is 2. The van der Waals surface area contributed by atoms with E-state index < -0.39 is 0 Å². The van der Waals surface area contributed by atoms with Crippen LogP contribution in [0, 0.1) is 5.82 Å². The molecule has 2 saturated heterocycles. The van der Waals surface area contributed by atoms with Gasteiger partial charge in [0.05, 0.1) is 37.9 Å². The van der Waals surface area contributed by atoms with Crippen molar-refractivity contribution in [1.29, 1.82) is 0 Å². The average molecular weight is 385 g/mol. The number of hydrogen-bond donors (Lipinski definition) is 2. The van der Waals surface area contributed by atoms with Crippen LogP contribution < -0.4 is 5.32 Å². The van der Waals surface area contributed by atoms with Gasteiger partial charge in [-0.25, -0.2) is 4.39 Å². The molecule has 2 fully saturated rings. The number of carbonyl (C=O) groups excluding carboxylic acids is 1. The Balaban J connectivity index is 1.22. The molecule has 3 atom stereocenters. The van der Waals surface area contributed by atoms with Crippen molar-refractivity contribution in [3.63, 3.8) is 0 Å². The first-order chi connectivity index (χ1) is 13.7. The highest BCUT2D eigenvalue weighted by atomic mass is 19.1. The summed E-state index contributed by atoms with van der Waals surface area (Å²) in [6.45, 7) is 3.26. The van der Waals surface area contributed by atoms with Crippen molar-refractivity contribution in [2.45, 2.75) is 31.1 Å². The summed E-state index contributed by atoms with van der Waals surface area (Å²) in [7, 11) is 0. The highest BCUT2D eigenvalue weighted by Crippen LogP contribution is 2.30. The van der Waals surface area contributed by atoms with Crippen LogP contribution >= 0.6 is 0 Å². The number of nitrogens with one attached hydrogen (secondary N) is 2. The molecule has 2 N–H and O–H groups in total. The number of carbonyl (C=O) groups is 1. The van der Waals surface area contributed by atoms with Crippen molar-refractivity contribution in [2.75, 3.05) is 32.8 Å². The summed E-state index contributed by atoms with van der Waals surface area (Å²) in [6.07, 6.45) is 5.18. The second kappa shape index (κ2) is 7.31. The minimum absolute atomic E-state index is 0.0612.